The molecular formula is C27H29ClN2O3S. The minimum Gasteiger partial charge on any atom is -0.346 e. The molecule has 0 aliphatic heterocycles. The lowest BCUT2D eigenvalue weighted by atomic mass is 9.89. The molecule has 1 unspecified atom stereocenters. The fourth-order valence-corrected chi connectivity index (χ4v) is 5.95. The van der Waals surface area contributed by atoms with Crippen LogP contribution < -0.4 is 10.0 Å². The maximum atomic E-state index is 13.1. The van der Waals surface area contributed by atoms with Crippen molar-refractivity contribution in [3.05, 3.63) is 93.0 Å². The summed E-state index contributed by atoms with van der Waals surface area (Å²) in [6, 6.07) is 15.9. The molecule has 0 aromatic heterocycles. The number of fused-ring (bicyclic) bond motifs is 1. The second-order valence-electron chi connectivity index (χ2n) is 8.93. The molecule has 3 aromatic rings. The second-order valence-corrected chi connectivity index (χ2v) is 11.0. The summed E-state index contributed by atoms with van der Waals surface area (Å²) in [7, 11) is -3.99. The Morgan fingerprint density at radius 3 is 2.47 bits per heavy atom. The van der Waals surface area contributed by atoms with Crippen molar-refractivity contribution >= 4 is 33.2 Å². The normalized spacial score (nSPS) is 14.2. The molecule has 0 bridgehead atoms. The summed E-state index contributed by atoms with van der Waals surface area (Å²) in [5.74, 6) is -0.356. The van der Waals surface area contributed by atoms with Crippen molar-refractivity contribution in [1.29, 1.82) is 0 Å². The third-order valence-corrected chi connectivity index (χ3v) is 8.40. The number of hydrogen-bond donors (Lipinski definition) is 2. The first-order chi connectivity index (χ1) is 16.2. The van der Waals surface area contributed by atoms with E-state index in [4.69, 9.17) is 11.6 Å². The molecule has 7 heteroatoms. The van der Waals surface area contributed by atoms with Crippen LogP contribution in [0.5, 0.6) is 0 Å². The van der Waals surface area contributed by atoms with E-state index in [0.717, 1.165) is 29.5 Å². The molecule has 1 atom stereocenters. The van der Waals surface area contributed by atoms with Gasteiger partial charge in [0.2, 0.25) is 0 Å². The van der Waals surface area contributed by atoms with Crippen LogP contribution >= 0.6 is 11.6 Å². The zero-order valence-corrected chi connectivity index (χ0v) is 21.2. The van der Waals surface area contributed by atoms with Crippen molar-refractivity contribution in [3.8, 4) is 0 Å². The molecule has 0 heterocycles. The Labute approximate surface area is 206 Å². The summed E-state index contributed by atoms with van der Waals surface area (Å²) in [4.78, 5) is 12.9. The fraction of sp³-hybridized carbons (Fsp3) is 0.296. The Bertz CT molecular complexity index is 1350. The van der Waals surface area contributed by atoms with Gasteiger partial charge in [0.1, 0.15) is 4.90 Å². The molecule has 1 aliphatic carbocycles. The molecule has 5 nitrogen and oxygen atoms in total. The molecule has 0 saturated carbocycles. The van der Waals surface area contributed by atoms with Crippen LogP contribution in [0.25, 0.3) is 0 Å². The number of hydrogen-bond acceptors (Lipinski definition) is 3. The van der Waals surface area contributed by atoms with Gasteiger partial charge in [-0.05, 0) is 98.5 Å². The van der Waals surface area contributed by atoms with Crippen LogP contribution in [0, 0.1) is 13.8 Å². The van der Waals surface area contributed by atoms with Gasteiger partial charge in [0.15, 0.2) is 0 Å². The lowest BCUT2D eigenvalue weighted by molar-refractivity contribution is 0.0939. The van der Waals surface area contributed by atoms with Crippen molar-refractivity contribution in [2.45, 2.75) is 57.4 Å². The van der Waals surface area contributed by atoms with Crippen molar-refractivity contribution in [2.24, 2.45) is 0 Å². The van der Waals surface area contributed by atoms with Crippen LogP contribution in [-0.4, -0.2) is 14.3 Å². The summed E-state index contributed by atoms with van der Waals surface area (Å²) in [5, 5.41) is 3.04. The maximum Gasteiger partial charge on any atom is 0.263 e. The van der Waals surface area contributed by atoms with Crippen LogP contribution in [-0.2, 0) is 22.9 Å². The fourth-order valence-electron chi connectivity index (χ4n) is 4.30. The number of carbonyl (C=O) groups excluding carboxylic acids is 1. The average Bonchev–Trinajstić information content (AvgIpc) is 2.81. The van der Waals surface area contributed by atoms with Gasteiger partial charge in [-0.3, -0.25) is 9.52 Å². The number of aryl methyl sites for hydroxylation is 3. The molecule has 34 heavy (non-hydrogen) atoms. The van der Waals surface area contributed by atoms with Crippen molar-refractivity contribution in [3.63, 3.8) is 0 Å². The van der Waals surface area contributed by atoms with Gasteiger partial charge < -0.3 is 5.32 Å². The molecule has 178 valence electrons. The molecule has 2 N–H and O–H groups in total. The first-order valence-electron chi connectivity index (χ1n) is 11.5. The smallest absolute Gasteiger partial charge is 0.263 e. The topological polar surface area (TPSA) is 75.3 Å². The highest BCUT2D eigenvalue weighted by molar-refractivity contribution is 7.92. The third kappa shape index (κ3) is 5.13. The van der Waals surface area contributed by atoms with Gasteiger partial charge >= 0.3 is 0 Å². The van der Waals surface area contributed by atoms with E-state index >= 15 is 0 Å². The van der Waals surface area contributed by atoms with Crippen LogP contribution in [0.3, 0.4) is 0 Å². The molecule has 0 spiro atoms. The standard InChI is InChI=1S/C27H29ClN2O3S/c1-17-7-6-10-25(18(17)2)30-34(32,33)26-16-23(13-14-24(26)28)27(31)29-19(3)21-12-11-20-8-4-5-9-22(20)15-21/h6-7,10-16,19,30H,4-5,8-9H2,1-3H3,(H,29,31). The SMILES string of the molecule is Cc1cccc(NS(=O)(=O)c2cc(C(=O)NC(C)c3ccc4c(c3)CCCC4)ccc2Cl)c1C. The first-order valence-corrected chi connectivity index (χ1v) is 13.3. The Morgan fingerprint density at radius 2 is 1.71 bits per heavy atom. The summed E-state index contributed by atoms with van der Waals surface area (Å²) in [6.45, 7) is 5.69. The minimum absolute atomic E-state index is 0.0529. The number of halogens is 1. The van der Waals surface area contributed by atoms with E-state index < -0.39 is 10.0 Å². The summed E-state index contributed by atoms with van der Waals surface area (Å²) in [5.41, 5.74) is 6.28. The Hall–Kier alpha value is -2.83. The number of anilines is 1. The monoisotopic (exact) mass is 496 g/mol. The lowest BCUT2D eigenvalue weighted by Gasteiger charge is -2.20. The predicted octanol–water partition coefficient (Wildman–Crippen LogP) is 6.13. The Morgan fingerprint density at radius 1 is 0.971 bits per heavy atom. The van der Waals surface area contributed by atoms with Crippen LogP contribution in [0.1, 0.15) is 64.0 Å². The maximum absolute atomic E-state index is 13.1. The van der Waals surface area contributed by atoms with Crippen molar-refractivity contribution < 1.29 is 13.2 Å². The molecule has 0 saturated heterocycles. The van der Waals surface area contributed by atoms with E-state index in [0.29, 0.717) is 5.69 Å². The van der Waals surface area contributed by atoms with Gasteiger partial charge in [-0.2, -0.15) is 0 Å². The van der Waals surface area contributed by atoms with Gasteiger partial charge in [-0.25, -0.2) is 8.42 Å². The van der Waals surface area contributed by atoms with E-state index in [1.54, 1.807) is 12.1 Å². The number of sulfonamides is 1. The zero-order valence-electron chi connectivity index (χ0n) is 19.6. The van der Waals surface area contributed by atoms with Crippen molar-refractivity contribution in [2.75, 3.05) is 4.72 Å². The number of carbonyl (C=O) groups is 1. The summed E-state index contributed by atoms with van der Waals surface area (Å²) < 4.78 is 28.8. The van der Waals surface area contributed by atoms with Gasteiger partial charge in [-0.15, -0.1) is 0 Å². The first kappa shape index (κ1) is 24.3. The Balaban J connectivity index is 1.55. The van der Waals surface area contributed by atoms with E-state index in [-0.39, 0.29) is 27.4 Å². The summed E-state index contributed by atoms with van der Waals surface area (Å²) in [6.07, 6.45) is 4.58. The quantitative estimate of drug-likeness (QED) is 0.431. The van der Waals surface area contributed by atoms with Gasteiger partial charge in [-0.1, -0.05) is 41.9 Å². The molecule has 1 amide bonds. The zero-order chi connectivity index (χ0) is 24.5. The summed E-state index contributed by atoms with van der Waals surface area (Å²) >= 11 is 6.24. The molecule has 0 fully saturated rings. The second kappa shape index (κ2) is 9.80. The van der Waals surface area contributed by atoms with Crippen molar-refractivity contribution in [1.82, 2.24) is 5.32 Å². The minimum atomic E-state index is -3.99. The number of amides is 1. The van der Waals surface area contributed by atoms with E-state index in [2.05, 4.69) is 28.2 Å². The van der Waals surface area contributed by atoms with Crippen LogP contribution in [0.4, 0.5) is 5.69 Å². The number of nitrogens with one attached hydrogen (secondary N) is 2. The molecule has 4 rings (SSSR count). The molecular weight excluding hydrogens is 468 g/mol. The van der Waals surface area contributed by atoms with E-state index in [1.807, 2.05) is 26.8 Å². The average molecular weight is 497 g/mol. The van der Waals surface area contributed by atoms with Crippen LogP contribution in [0.2, 0.25) is 5.02 Å². The largest absolute Gasteiger partial charge is 0.346 e. The van der Waals surface area contributed by atoms with Gasteiger partial charge in [0.05, 0.1) is 16.8 Å². The third-order valence-electron chi connectivity index (χ3n) is 6.55. The van der Waals surface area contributed by atoms with Gasteiger partial charge in [0.25, 0.3) is 15.9 Å². The predicted molar refractivity (Wildman–Crippen MR) is 137 cm³/mol. The lowest BCUT2D eigenvalue weighted by Crippen LogP contribution is -2.27. The van der Waals surface area contributed by atoms with Crippen LogP contribution in [0.15, 0.2) is 59.5 Å². The van der Waals surface area contributed by atoms with Gasteiger partial charge in [0, 0.05) is 5.56 Å². The highest BCUT2D eigenvalue weighted by Gasteiger charge is 2.22. The molecule has 1 aliphatic rings. The molecule has 0 radical (unpaired) electrons. The highest BCUT2D eigenvalue weighted by Crippen LogP contribution is 2.28. The van der Waals surface area contributed by atoms with E-state index in [9.17, 15) is 13.2 Å². The Kier molecular flexibility index (Phi) is 7.01. The number of benzene rings is 3. The molecule has 3 aromatic carbocycles. The number of rotatable bonds is 6. The van der Waals surface area contributed by atoms with E-state index in [1.165, 1.54) is 42.2 Å². The highest BCUT2D eigenvalue weighted by atomic mass is 35.5.